The zero-order valence-corrected chi connectivity index (χ0v) is 11.2. The average Bonchev–Trinajstić information content (AvgIpc) is 2.38. The summed E-state index contributed by atoms with van der Waals surface area (Å²) in [6, 6.07) is 7.03. The molecule has 0 fully saturated rings. The van der Waals surface area contributed by atoms with Crippen LogP contribution in [0.5, 0.6) is 0 Å². The molecule has 0 aliphatic heterocycles. The number of carbonyl (C=O) groups excluding carboxylic acids is 2. The van der Waals surface area contributed by atoms with E-state index in [0.717, 1.165) is 5.69 Å². The first-order valence-electron chi connectivity index (χ1n) is 5.31. The van der Waals surface area contributed by atoms with Crippen molar-refractivity contribution in [2.75, 3.05) is 36.3 Å². The summed E-state index contributed by atoms with van der Waals surface area (Å²) in [5.74, 6) is 0.00460. The van der Waals surface area contributed by atoms with Gasteiger partial charge in [-0.3, -0.25) is 9.59 Å². The zero-order chi connectivity index (χ0) is 13.5. The number of thioether (sulfide) groups is 1. The Labute approximate surface area is 110 Å². The van der Waals surface area contributed by atoms with Crippen LogP contribution in [-0.4, -0.2) is 37.5 Å². The first-order valence-corrected chi connectivity index (χ1v) is 6.46. The number of anilines is 2. The lowest BCUT2D eigenvalue weighted by Gasteiger charge is -2.17. The van der Waals surface area contributed by atoms with E-state index in [1.165, 1.54) is 23.8 Å². The van der Waals surface area contributed by atoms with Crippen molar-refractivity contribution in [3.8, 4) is 0 Å². The van der Waals surface area contributed by atoms with E-state index in [0.29, 0.717) is 5.69 Å². The number of benzene rings is 1. The number of esters is 1. The van der Waals surface area contributed by atoms with Crippen molar-refractivity contribution in [1.82, 2.24) is 0 Å². The predicted octanol–water partition coefficient (Wildman–Crippen LogP) is 1.14. The lowest BCUT2D eigenvalue weighted by atomic mass is 10.2. The first-order chi connectivity index (χ1) is 8.54. The fourth-order valence-electron chi connectivity index (χ4n) is 1.22. The highest BCUT2D eigenvalue weighted by molar-refractivity contribution is 8.00. The molecule has 0 aliphatic rings. The fourth-order valence-corrected chi connectivity index (χ4v) is 1.97. The Balaban J connectivity index is 2.46. The van der Waals surface area contributed by atoms with Gasteiger partial charge in [0, 0.05) is 18.4 Å². The van der Waals surface area contributed by atoms with Crippen LogP contribution < -0.4 is 10.6 Å². The molecule has 5 nitrogen and oxygen atoms in total. The standard InChI is InChI=1S/C12H16N2O3S/c1-14(10-5-3-9(13)4-6-10)11(15)7-18-8-12(16)17-2/h3-6H,7-8,13H2,1-2H3. The van der Waals surface area contributed by atoms with Gasteiger partial charge in [0.25, 0.3) is 0 Å². The van der Waals surface area contributed by atoms with Gasteiger partial charge in [-0.2, -0.15) is 0 Å². The number of rotatable bonds is 5. The maximum atomic E-state index is 11.8. The van der Waals surface area contributed by atoms with Gasteiger partial charge < -0.3 is 15.4 Å². The Kier molecular flexibility index (Phi) is 5.51. The van der Waals surface area contributed by atoms with Crippen molar-refractivity contribution in [2.45, 2.75) is 0 Å². The van der Waals surface area contributed by atoms with Crippen LogP contribution in [0.1, 0.15) is 0 Å². The lowest BCUT2D eigenvalue weighted by Crippen LogP contribution is -2.28. The van der Waals surface area contributed by atoms with Crippen molar-refractivity contribution in [3.05, 3.63) is 24.3 Å². The van der Waals surface area contributed by atoms with Crippen molar-refractivity contribution in [1.29, 1.82) is 0 Å². The summed E-state index contributed by atoms with van der Waals surface area (Å²) >= 11 is 1.23. The molecule has 18 heavy (non-hydrogen) atoms. The molecule has 0 aromatic heterocycles. The average molecular weight is 268 g/mol. The van der Waals surface area contributed by atoms with E-state index >= 15 is 0 Å². The monoisotopic (exact) mass is 268 g/mol. The molecule has 0 heterocycles. The van der Waals surface area contributed by atoms with Crippen molar-refractivity contribution in [2.24, 2.45) is 0 Å². The first kappa shape index (κ1) is 14.4. The lowest BCUT2D eigenvalue weighted by molar-refractivity contribution is -0.137. The molecular formula is C12H16N2O3S. The Bertz CT molecular complexity index is 420. The second-order valence-corrected chi connectivity index (χ2v) is 4.60. The van der Waals surface area contributed by atoms with Crippen LogP contribution >= 0.6 is 11.8 Å². The molecule has 0 atom stereocenters. The summed E-state index contributed by atoms with van der Waals surface area (Å²) < 4.78 is 4.49. The summed E-state index contributed by atoms with van der Waals surface area (Å²) in [6.07, 6.45) is 0. The third-order valence-corrected chi connectivity index (χ3v) is 3.22. The second-order valence-electron chi connectivity index (χ2n) is 3.61. The Morgan fingerprint density at radius 1 is 1.28 bits per heavy atom. The molecule has 0 saturated heterocycles. The number of ether oxygens (including phenoxy) is 1. The molecule has 0 spiro atoms. The van der Waals surface area contributed by atoms with Gasteiger partial charge in [-0.05, 0) is 24.3 Å². The number of hydrogen-bond acceptors (Lipinski definition) is 5. The zero-order valence-electron chi connectivity index (χ0n) is 10.4. The normalized spacial score (nSPS) is 9.89. The number of hydrogen-bond donors (Lipinski definition) is 1. The number of nitrogens with two attached hydrogens (primary N) is 1. The molecule has 1 aromatic rings. The van der Waals surface area contributed by atoms with Crippen LogP contribution in [0.4, 0.5) is 11.4 Å². The molecule has 0 bridgehead atoms. The van der Waals surface area contributed by atoms with Gasteiger partial charge in [0.1, 0.15) is 0 Å². The minimum Gasteiger partial charge on any atom is -0.468 e. The molecule has 0 radical (unpaired) electrons. The van der Waals surface area contributed by atoms with Gasteiger partial charge in [0.05, 0.1) is 18.6 Å². The molecule has 2 N–H and O–H groups in total. The van der Waals surface area contributed by atoms with Gasteiger partial charge in [-0.25, -0.2) is 0 Å². The number of nitrogen functional groups attached to an aromatic ring is 1. The molecule has 0 aliphatic carbocycles. The van der Waals surface area contributed by atoms with E-state index in [9.17, 15) is 9.59 Å². The maximum Gasteiger partial charge on any atom is 0.315 e. The number of methoxy groups -OCH3 is 1. The van der Waals surface area contributed by atoms with E-state index in [4.69, 9.17) is 5.73 Å². The second kappa shape index (κ2) is 6.90. The Hall–Kier alpha value is -1.69. The van der Waals surface area contributed by atoms with Crippen LogP contribution in [-0.2, 0) is 14.3 Å². The molecule has 0 saturated carbocycles. The minimum absolute atomic E-state index is 0.0753. The highest BCUT2D eigenvalue weighted by Gasteiger charge is 2.11. The van der Waals surface area contributed by atoms with Crippen molar-refractivity contribution in [3.63, 3.8) is 0 Å². The summed E-state index contributed by atoms with van der Waals surface area (Å²) in [5, 5.41) is 0. The van der Waals surface area contributed by atoms with E-state index in [2.05, 4.69) is 4.74 Å². The van der Waals surface area contributed by atoms with Crippen LogP contribution in [0, 0.1) is 0 Å². The predicted molar refractivity (Wildman–Crippen MR) is 73.6 cm³/mol. The van der Waals surface area contributed by atoms with Crippen molar-refractivity contribution < 1.29 is 14.3 Å². The minimum atomic E-state index is -0.331. The van der Waals surface area contributed by atoms with Gasteiger partial charge in [-0.1, -0.05) is 0 Å². The van der Waals surface area contributed by atoms with E-state index in [1.807, 2.05) is 0 Å². The van der Waals surface area contributed by atoms with Crippen molar-refractivity contribution >= 4 is 35.0 Å². The van der Waals surface area contributed by atoms with Crippen LogP contribution in [0.15, 0.2) is 24.3 Å². The molecule has 0 unspecified atom stereocenters. The Morgan fingerprint density at radius 2 is 1.89 bits per heavy atom. The SMILES string of the molecule is COC(=O)CSCC(=O)N(C)c1ccc(N)cc1. The van der Waals surface area contributed by atoms with E-state index in [-0.39, 0.29) is 23.4 Å². The molecule has 1 rings (SSSR count). The molecule has 6 heteroatoms. The summed E-state index contributed by atoms with van der Waals surface area (Å²) in [7, 11) is 3.01. The van der Waals surface area contributed by atoms with E-state index < -0.39 is 0 Å². The molecule has 98 valence electrons. The third-order valence-electron chi connectivity index (χ3n) is 2.33. The van der Waals surface area contributed by atoms with Gasteiger partial charge >= 0.3 is 5.97 Å². The topological polar surface area (TPSA) is 72.6 Å². The summed E-state index contributed by atoms with van der Waals surface area (Å²) in [4.78, 5) is 24.2. The number of carbonyl (C=O) groups is 2. The number of amides is 1. The van der Waals surface area contributed by atoms with Crippen LogP contribution in [0.25, 0.3) is 0 Å². The highest BCUT2D eigenvalue weighted by Crippen LogP contribution is 2.16. The molecular weight excluding hydrogens is 252 g/mol. The fraction of sp³-hybridized carbons (Fsp3) is 0.333. The quantitative estimate of drug-likeness (QED) is 0.640. The third kappa shape index (κ3) is 4.29. The highest BCUT2D eigenvalue weighted by atomic mass is 32.2. The Morgan fingerprint density at radius 3 is 2.44 bits per heavy atom. The van der Waals surface area contributed by atoms with Crippen LogP contribution in [0.3, 0.4) is 0 Å². The number of nitrogens with zero attached hydrogens (tertiary/aromatic N) is 1. The maximum absolute atomic E-state index is 11.8. The van der Waals surface area contributed by atoms with Crippen LogP contribution in [0.2, 0.25) is 0 Å². The van der Waals surface area contributed by atoms with Gasteiger partial charge in [0.2, 0.25) is 5.91 Å². The molecule has 1 amide bonds. The summed E-state index contributed by atoms with van der Waals surface area (Å²) in [6.45, 7) is 0. The smallest absolute Gasteiger partial charge is 0.315 e. The van der Waals surface area contributed by atoms with E-state index in [1.54, 1.807) is 31.3 Å². The molecule has 1 aromatic carbocycles. The van der Waals surface area contributed by atoms with Gasteiger partial charge in [-0.15, -0.1) is 11.8 Å². The van der Waals surface area contributed by atoms with Gasteiger partial charge in [0.15, 0.2) is 0 Å². The largest absolute Gasteiger partial charge is 0.468 e. The summed E-state index contributed by atoms with van der Waals surface area (Å²) in [5.41, 5.74) is 7.00.